The fourth-order valence-corrected chi connectivity index (χ4v) is 5.26. The van der Waals surface area contributed by atoms with E-state index in [1.165, 1.54) is 43.2 Å². The minimum absolute atomic E-state index is 0.0424. The van der Waals surface area contributed by atoms with Crippen molar-refractivity contribution in [2.75, 3.05) is 11.8 Å². The smallest absolute Gasteiger partial charge is 0.264 e. The van der Waals surface area contributed by atoms with Gasteiger partial charge < -0.3 is 4.74 Å². The van der Waals surface area contributed by atoms with Gasteiger partial charge in [-0.15, -0.1) is 10.2 Å². The molecule has 1 fully saturated rings. The zero-order chi connectivity index (χ0) is 26.0. The third kappa shape index (κ3) is 5.22. The molecule has 190 valence electrons. The molecule has 0 bridgehead atoms. The summed E-state index contributed by atoms with van der Waals surface area (Å²) in [6.07, 6.45) is 7.19. The van der Waals surface area contributed by atoms with Gasteiger partial charge in [-0.2, -0.15) is 9.61 Å². The third-order valence-corrected chi connectivity index (χ3v) is 7.42. The molecule has 1 aliphatic rings. The Hall–Kier alpha value is -4.11. The van der Waals surface area contributed by atoms with Gasteiger partial charge in [0.2, 0.25) is 11.7 Å². The molecule has 5 rings (SSSR count). The van der Waals surface area contributed by atoms with Crippen molar-refractivity contribution in [3.63, 3.8) is 0 Å². The topological polar surface area (TPSA) is 111 Å². The van der Waals surface area contributed by atoms with E-state index in [1.54, 1.807) is 12.1 Å². The number of hydrogen-bond acceptors (Lipinski definition) is 7. The van der Waals surface area contributed by atoms with Crippen LogP contribution in [0.25, 0.3) is 16.9 Å². The SMILES string of the molecule is COc1ncc(-c2ccc3nnc(C#CC4CCCCC4)n3n2)cc1NS(=O)(=O)c1ccc(F)cc1F. The summed E-state index contributed by atoms with van der Waals surface area (Å²) >= 11 is 0. The number of fused-ring (bicyclic) bond motifs is 1. The van der Waals surface area contributed by atoms with Crippen LogP contribution in [0.3, 0.4) is 0 Å². The van der Waals surface area contributed by atoms with Gasteiger partial charge in [0.05, 0.1) is 12.8 Å². The number of ether oxygens (including phenoxy) is 1. The molecule has 0 radical (unpaired) electrons. The summed E-state index contributed by atoms with van der Waals surface area (Å²) in [5.74, 6) is 4.94. The fourth-order valence-electron chi connectivity index (χ4n) is 4.16. The van der Waals surface area contributed by atoms with Crippen LogP contribution in [0, 0.1) is 29.4 Å². The summed E-state index contributed by atoms with van der Waals surface area (Å²) in [6, 6.07) is 7.04. The molecule has 3 aromatic heterocycles. The zero-order valence-corrected chi connectivity index (χ0v) is 20.6. The van der Waals surface area contributed by atoms with Crippen molar-refractivity contribution in [1.82, 2.24) is 24.8 Å². The molecule has 0 amide bonds. The molecular weight excluding hydrogens is 502 g/mol. The van der Waals surface area contributed by atoms with Gasteiger partial charge in [0.25, 0.3) is 10.0 Å². The maximum Gasteiger partial charge on any atom is 0.264 e. The lowest BCUT2D eigenvalue weighted by Gasteiger charge is -2.15. The second kappa shape index (κ2) is 10.1. The number of pyridine rings is 1. The molecule has 0 aliphatic heterocycles. The summed E-state index contributed by atoms with van der Waals surface area (Å²) in [7, 11) is -3.10. The van der Waals surface area contributed by atoms with E-state index in [-0.39, 0.29) is 11.6 Å². The number of aromatic nitrogens is 5. The standard InChI is InChI=1S/C25H22F2N6O3S/c1-36-25-21(32-37(34,35)22-10-8-18(26)14-19(22)27)13-17(15-28-25)20-9-12-24-30-29-23(33(24)31-20)11-7-16-5-3-2-4-6-16/h8-10,12-16,32H,2-6H2,1H3. The minimum atomic E-state index is -4.42. The van der Waals surface area contributed by atoms with E-state index < -0.39 is 26.6 Å². The molecule has 12 heteroatoms. The van der Waals surface area contributed by atoms with E-state index in [2.05, 4.69) is 36.8 Å². The molecule has 3 heterocycles. The average molecular weight is 525 g/mol. The number of nitrogens with zero attached hydrogens (tertiary/aromatic N) is 5. The zero-order valence-electron chi connectivity index (χ0n) is 19.8. The Morgan fingerprint density at radius 2 is 1.89 bits per heavy atom. The predicted octanol–water partition coefficient (Wildman–Crippen LogP) is 4.21. The second-order valence-corrected chi connectivity index (χ2v) is 10.2. The lowest BCUT2D eigenvalue weighted by atomic mass is 9.90. The number of hydrogen-bond donors (Lipinski definition) is 1. The Kier molecular flexibility index (Phi) is 6.71. The number of methoxy groups -OCH3 is 1. The Morgan fingerprint density at radius 3 is 2.65 bits per heavy atom. The number of rotatable bonds is 5. The van der Waals surface area contributed by atoms with Gasteiger partial charge in [-0.1, -0.05) is 25.2 Å². The maximum absolute atomic E-state index is 14.2. The third-order valence-electron chi connectivity index (χ3n) is 6.02. The molecule has 9 nitrogen and oxygen atoms in total. The molecular formula is C25H22F2N6O3S. The van der Waals surface area contributed by atoms with E-state index >= 15 is 0 Å². The number of benzene rings is 1. The van der Waals surface area contributed by atoms with Crippen LogP contribution in [-0.4, -0.2) is 40.3 Å². The molecule has 37 heavy (non-hydrogen) atoms. The Bertz CT molecular complexity index is 1640. The second-order valence-electron chi connectivity index (χ2n) is 8.58. The summed E-state index contributed by atoms with van der Waals surface area (Å²) in [4.78, 5) is 3.45. The fraction of sp³-hybridized carbons (Fsp3) is 0.280. The van der Waals surface area contributed by atoms with Gasteiger partial charge in [-0.25, -0.2) is 22.2 Å². The highest BCUT2D eigenvalue weighted by Gasteiger charge is 2.22. The van der Waals surface area contributed by atoms with Crippen LogP contribution in [0.2, 0.25) is 0 Å². The van der Waals surface area contributed by atoms with Crippen LogP contribution in [0.4, 0.5) is 14.5 Å². The van der Waals surface area contributed by atoms with Crippen LogP contribution in [-0.2, 0) is 10.0 Å². The predicted molar refractivity (Wildman–Crippen MR) is 131 cm³/mol. The highest BCUT2D eigenvalue weighted by molar-refractivity contribution is 7.92. The van der Waals surface area contributed by atoms with Crippen LogP contribution in [0.1, 0.15) is 37.9 Å². The van der Waals surface area contributed by atoms with Crippen LogP contribution in [0.15, 0.2) is 47.5 Å². The van der Waals surface area contributed by atoms with Gasteiger partial charge in [0, 0.05) is 23.7 Å². The molecule has 0 spiro atoms. The van der Waals surface area contributed by atoms with E-state index in [9.17, 15) is 17.2 Å². The molecule has 1 aromatic carbocycles. The van der Waals surface area contributed by atoms with Gasteiger partial charge >= 0.3 is 0 Å². The summed E-state index contributed by atoms with van der Waals surface area (Å²) < 4.78 is 62.1. The van der Waals surface area contributed by atoms with Crippen molar-refractivity contribution in [3.05, 3.63) is 60.1 Å². The summed E-state index contributed by atoms with van der Waals surface area (Å²) in [6.45, 7) is 0. The molecule has 0 unspecified atom stereocenters. The lowest BCUT2D eigenvalue weighted by molar-refractivity contribution is 0.400. The molecule has 1 N–H and O–H groups in total. The summed E-state index contributed by atoms with van der Waals surface area (Å²) in [5.41, 5.74) is 1.34. The molecule has 0 atom stereocenters. The van der Waals surface area contributed by atoms with Crippen molar-refractivity contribution < 1.29 is 21.9 Å². The summed E-state index contributed by atoms with van der Waals surface area (Å²) in [5, 5.41) is 12.8. The molecule has 1 saturated carbocycles. The Balaban J connectivity index is 1.49. The lowest BCUT2D eigenvalue weighted by Crippen LogP contribution is -2.16. The van der Waals surface area contributed by atoms with Crippen LogP contribution >= 0.6 is 0 Å². The van der Waals surface area contributed by atoms with Crippen LogP contribution < -0.4 is 9.46 Å². The minimum Gasteiger partial charge on any atom is -0.480 e. The van der Waals surface area contributed by atoms with Crippen molar-refractivity contribution in [3.8, 4) is 29.0 Å². The monoisotopic (exact) mass is 524 g/mol. The largest absolute Gasteiger partial charge is 0.480 e. The first-order valence-corrected chi connectivity index (χ1v) is 13.1. The Morgan fingerprint density at radius 1 is 1.08 bits per heavy atom. The van der Waals surface area contributed by atoms with Gasteiger partial charge in [0.15, 0.2) is 5.65 Å². The first-order chi connectivity index (χ1) is 17.8. The van der Waals surface area contributed by atoms with Gasteiger partial charge in [0.1, 0.15) is 22.2 Å². The van der Waals surface area contributed by atoms with Crippen molar-refractivity contribution in [2.24, 2.45) is 5.92 Å². The maximum atomic E-state index is 14.2. The average Bonchev–Trinajstić information content (AvgIpc) is 3.30. The first kappa shape index (κ1) is 24.6. The number of sulfonamides is 1. The highest BCUT2D eigenvalue weighted by atomic mass is 32.2. The number of anilines is 1. The van der Waals surface area contributed by atoms with E-state index in [0.29, 0.717) is 34.7 Å². The van der Waals surface area contributed by atoms with E-state index in [0.717, 1.165) is 25.0 Å². The number of nitrogens with one attached hydrogen (secondary N) is 1. The molecule has 1 aliphatic carbocycles. The van der Waals surface area contributed by atoms with Crippen LogP contribution in [0.5, 0.6) is 5.88 Å². The van der Waals surface area contributed by atoms with Crippen molar-refractivity contribution in [2.45, 2.75) is 37.0 Å². The quantitative estimate of drug-likeness (QED) is 0.390. The van der Waals surface area contributed by atoms with E-state index in [4.69, 9.17) is 4.74 Å². The van der Waals surface area contributed by atoms with Crippen molar-refractivity contribution >= 4 is 21.4 Å². The molecule has 4 aromatic rings. The normalized spacial score (nSPS) is 14.2. The van der Waals surface area contributed by atoms with E-state index in [1.807, 2.05) is 0 Å². The van der Waals surface area contributed by atoms with Gasteiger partial charge in [-0.3, -0.25) is 4.72 Å². The highest BCUT2D eigenvalue weighted by Crippen LogP contribution is 2.30. The Labute approximate surface area is 212 Å². The first-order valence-electron chi connectivity index (χ1n) is 11.6. The van der Waals surface area contributed by atoms with Crippen molar-refractivity contribution in [1.29, 1.82) is 0 Å². The van der Waals surface area contributed by atoms with Gasteiger partial charge in [-0.05, 0) is 49.1 Å². The number of halogens is 2. The molecule has 0 saturated heterocycles.